The van der Waals surface area contributed by atoms with Crippen molar-refractivity contribution in [3.05, 3.63) is 69.7 Å². The highest BCUT2D eigenvalue weighted by Crippen LogP contribution is 2.11. The normalized spacial score (nSPS) is 10.5. The number of hydrogen-bond acceptors (Lipinski definition) is 2. The number of halogens is 1. The van der Waals surface area contributed by atoms with Crippen LogP contribution >= 0.6 is 15.9 Å². The molecule has 0 atom stereocenters. The van der Waals surface area contributed by atoms with Gasteiger partial charge in [-0.2, -0.15) is 0 Å². The smallest absolute Gasteiger partial charge is 0.251 e. The van der Waals surface area contributed by atoms with Gasteiger partial charge in [0.05, 0.1) is 0 Å². The quantitative estimate of drug-likeness (QED) is 0.795. The summed E-state index contributed by atoms with van der Waals surface area (Å²) < 4.78 is 1.07. The molecule has 3 nitrogen and oxygen atoms in total. The predicted octanol–water partition coefficient (Wildman–Crippen LogP) is 3.18. The van der Waals surface area contributed by atoms with E-state index in [0.29, 0.717) is 6.54 Å². The molecule has 2 N–H and O–H groups in total. The van der Waals surface area contributed by atoms with Crippen LogP contribution in [0.15, 0.2) is 53.0 Å². The highest BCUT2D eigenvalue weighted by Gasteiger charge is 2.09. The van der Waals surface area contributed by atoms with Gasteiger partial charge >= 0.3 is 0 Å². The first-order chi connectivity index (χ1) is 10.7. The van der Waals surface area contributed by atoms with Crippen LogP contribution in [0.5, 0.6) is 0 Å². The Kier molecular flexibility index (Phi) is 6.62. The van der Waals surface area contributed by atoms with E-state index in [9.17, 15) is 4.79 Å². The summed E-state index contributed by atoms with van der Waals surface area (Å²) in [5, 5.41) is 6.12. The molecular formula is C18H21BrN2O. The molecule has 0 spiro atoms. The molecule has 22 heavy (non-hydrogen) atoms. The third kappa shape index (κ3) is 4.97. The second-order valence-electron chi connectivity index (χ2n) is 5.14. The van der Waals surface area contributed by atoms with E-state index < -0.39 is 0 Å². The number of benzene rings is 2. The molecule has 0 radical (unpaired) electrons. The van der Waals surface area contributed by atoms with E-state index in [1.165, 1.54) is 5.56 Å². The van der Waals surface area contributed by atoms with E-state index >= 15 is 0 Å². The fraction of sp³-hybridized carbons (Fsp3) is 0.278. The Morgan fingerprint density at radius 2 is 1.73 bits per heavy atom. The van der Waals surface area contributed by atoms with Gasteiger partial charge < -0.3 is 10.6 Å². The van der Waals surface area contributed by atoms with Gasteiger partial charge in [0.2, 0.25) is 0 Å². The highest BCUT2D eigenvalue weighted by molar-refractivity contribution is 9.10. The molecule has 2 rings (SSSR count). The molecule has 2 aromatic rings. The Labute approximate surface area is 140 Å². The lowest BCUT2D eigenvalue weighted by Crippen LogP contribution is -2.27. The van der Waals surface area contributed by atoms with Crippen LogP contribution in [-0.2, 0) is 12.8 Å². The number of rotatable bonds is 7. The van der Waals surface area contributed by atoms with Crippen molar-refractivity contribution >= 4 is 21.8 Å². The molecule has 0 unspecified atom stereocenters. The summed E-state index contributed by atoms with van der Waals surface area (Å²) in [6.45, 7) is 1.50. The first-order valence-corrected chi connectivity index (χ1v) is 8.25. The van der Waals surface area contributed by atoms with Crippen molar-refractivity contribution in [2.45, 2.75) is 12.8 Å². The van der Waals surface area contributed by atoms with Gasteiger partial charge in [-0.1, -0.05) is 46.3 Å². The predicted molar refractivity (Wildman–Crippen MR) is 94.3 cm³/mol. The summed E-state index contributed by atoms with van der Waals surface area (Å²) >= 11 is 3.42. The Hall–Kier alpha value is -1.65. The van der Waals surface area contributed by atoms with Crippen LogP contribution in [0.3, 0.4) is 0 Å². The summed E-state index contributed by atoms with van der Waals surface area (Å²) in [5.74, 6) is 0.00353. The van der Waals surface area contributed by atoms with Crippen LogP contribution in [0, 0.1) is 0 Å². The highest BCUT2D eigenvalue weighted by atomic mass is 79.9. The lowest BCUT2D eigenvalue weighted by Gasteiger charge is -2.10. The Morgan fingerprint density at radius 3 is 2.45 bits per heavy atom. The van der Waals surface area contributed by atoms with Crippen LogP contribution in [-0.4, -0.2) is 26.0 Å². The zero-order valence-corrected chi connectivity index (χ0v) is 14.3. The van der Waals surface area contributed by atoms with Gasteiger partial charge in [-0.05, 0) is 55.8 Å². The maximum atomic E-state index is 12.3. The molecule has 0 bridgehead atoms. The minimum absolute atomic E-state index is 0.00353. The first-order valence-electron chi connectivity index (χ1n) is 7.46. The SMILES string of the molecule is CNCCc1ccccc1C(=O)NCCc1ccc(Br)cc1. The van der Waals surface area contributed by atoms with E-state index in [1.54, 1.807) is 0 Å². The largest absolute Gasteiger partial charge is 0.352 e. The van der Waals surface area contributed by atoms with Gasteiger partial charge in [-0.25, -0.2) is 0 Å². The molecule has 0 heterocycles. The third-order valence-electron chi connectivity index (χ3n) is 3.52. The zero-order valence-electron chi connectivity index (χ0n) is 12.7. The Balaban J connectivity index is 1.90. The summed E-state index contributed by atoms with van der Waals surface area (Å²) in [4.78, 5) is 12.3. The van der Waals surface area contributed by atoms with Gasteiger partial charge in [-0.3, -0.25) is 4.79 Å². The Bertz CT molecular complexity index is 611. The molecule has 0 saturated heterocycles. The van der Waals surface area contributed by atoms with E-state index in [4.69, 9.17) is 0 Å². The summed E-state index contributed by atoms with van der Waals surface area (Å²) in [7, 11) is 1.92. The van der Waals surface area contributed by atoms with E-state index in [1.807, 2.05) is 43.4 Å². The van der Waals surface area contributed by atoms with Crippen molar-refractivity contribution in [2.75, 3.05) is 20.1 Å². The molecule has 0 aromatic heterocycles. The fourth-order valence-corrected chi connectivity index (χ4v) is 2.55. The lowest BCUT2D eigenvalue weighted by atomic mass is 10.0. The van der Waals surface area contributed by atoms with Crippen molar-refractivity contribution in [2.24, 2.45) is 0 Å². The van der Waals surface area contributed by atoms with E-state index in [0.717, 1.165) is 35.0 Å². The first kappa shape index (κ1) is 16.7. The number of nitrogens with one attached hydrogen (secondary N) is 2. The summed E-state index contributed by atoms with van der Waals surface area (Å²) in [6, 6.07) is 16.0. The number of hydrogen-bond donors (Lipinski definition) is 2. The molecule has 0 aliphatic heterocycles. The van der Waals surface area contributed by atoms with Crippen LogP contribution in [0.25, 0.3) is 0 Å². The van der Waals surface area contributed by atoms with Crippen molar-refractivity contribution in [3.63, 3.8) is 0 Å². The molecule has 0 aliphatic rings. The van der Waals surface area contributed by atoms with E-state index in [-0.39, 0.29) is 5.91 Å². The number of amides is 1. The van der Waals surface area contributed by atoms with Crippen molar-refractivity contribution in [1.29, 1.82) is 0 Å². The fourth-order valence-electron chi connectivity index (χ4n) is 2.29. The van der Waals surface area contributed by atoms with Crippen LogP contribution in [0.2, 0.25) is 0 Å². The third-order valence-corrected chi connectivity index (χ3v) is 4.05. The molecule has 2 aromatic carbocycles. The minimum atomic E-state index is 0.00353. The maximum absolute atomic E-state index is 12.3. The second-order valence-corrected chi connectivity index (χ2v) is 6.06. The Morgan fingerprint density at radius 1 is 1.00 bits per heavy atom. The van der Waals surface area contributed by atoms with Crippen molar-refractivity contribution in [3.8, 4) is 0 Å². The molecular weight excluding hydrogens is 340 g/mol. The molecule has 116 valence electrons. The zero-order chi connectivity index (χ0) is 15.8. The van der Waals surface area contributed by atoms with Gasteiger partial charge in [0.1, 0.15) is 0 Å². The minimum Gasteiger partial charge on any atom is -0.352 e. The number of carbonyl (C=O) groups excluding carboxylic acids is 1. The van der Waals surface area contributed by atoms with E-state index in [2.05, 4.69) is 38.7 Å². The van der Waals surface area contributed by atoms with Crippen LogP contribution < -0.4 is 10.6 Å². The molecule has 1 amide bonds. The topological polar surface area (TPSA) is 41.1 Å². The van der Waals surface area contributed by atoms with Crippen LogP contribution in [0.4, 0.5) is 0 Å². The average molecular weight is 361 g/mol. The molecule has 0 fully saturated rings. The van der Waals surface area contributed by atoms with Crippen LogP contribution in [0.1, 0.15) is 21.5 Å². The standard InChI is InChI=1S/C18H21BrN2O/c1-20-12-11-15-4-2-3-5-17(15)18(22)21-13-10-14-6-8-16(19)9-7-14/h2-9,20H,10-13H2,1H3,(H,21,22). The second kappa shape index (κ2) is 8.71. The average Bonchev–Trinajstić information content (AvgIpc) is 2.55. The molecule has 0 saturated carbocycles. The number of likely N-dealkylation sites (N-methyl/N-ethyl adjacent to an activating group) is 1. The number of carbonyl (C=O) groups is 1. The molecule has 0 aliphatic carbocycles. The monoisotopic (exact) mass is 360 g/mol. The maximum Gasteiger partial charge on any atom is 0.251 e. The van der Waals surface area contributed by atoms with Gasteiger partial charge in [0, 0.05) is 16.6 Å². The van der Waals surface area contributed by atoms with Gasteiger partial charge in [0.25, 0.3) is 5.91 Å². The molecule has 4 heteroatoms. The van der Waals surface area contributed by atoms with Crippen molar-refractivity contribution < 1.29 is 4.79 Å². The van der Waals surface area contributed by atoms with Gasteiger partial charge in [0.15, 0.2) is 0 Å². The van der Waals surface area contributed by atoms with Gasteiger partial charge in [-0.15, -0.1) is 0 Å². The summed E-state index contributed by atoms with van der Waals surface area (Å²) in [5.41, 5.74) is 3.07. The van der Waals surface area contributed by atoms with Crippen molar-refractivity contribution in [1.82, 2.24) is 10.6 Å². The summed E-state index contributed by atoms with van der Waals surface area (Å²) in [6.07, 6.45) is 1.69. The lowest BCUT2D eigenvalue weighted by molar-refractivity contribution is 0.0953.